The van der Waals surface area contributed by atoms with E-state index in [2.05, 4.69) is 0 Å². The Morgan fingerprint density at radius 1 is 0.960 bits per heavy atom. The molecule has 3 nitrogen and oxygen atoms in total. The summed E-state index contributed by atoms with van der Waals surface area (Å²) in [5.41, 5.74) is 1.47. The third kappa shape index (κ3) is 3.07. The molecule has 0 aliphatic rings. The van der Waals surface area contributed by atoms with Crippen LogP contribution in [0.3, 0.4) is 0 Å². The summed E-state index contributed by atoms with van der Waals surface area (Å²) in [6, 6.07) is 15.1. The van der Waals surface area contributed by atoms with Crippen LogP contribution in [0.4, 0.5) is 13.2 Å². The van der Waals surface area contributed by atoms with Crippen LogP contribution in [0.5, 0.6) is 0 Å². The first-order chi connectivity index (χ1) is 11.8. The van der Waals surface area contributed by atoms with Crippen molar-refractivity contribution < 1.29 is 22.8 Å². The second-order valence-corrected chi connectivity index (χ2v) is 5.69. The first-order valence-electron chi connectivity index (χ1n) is 7.59. The van der Waals surface area contributed by atoms with Crippen molar-refractivity contribution in [3.05, 3.63) is 71.4 Å². The Morgan fingerprint density at radius 3 is 2.20 bits per heavy atom. The normalized spacial score (nSPS) is 11.7. The number of para-hydroxylation sites is 1. The fourth-order valence-electron chi connectivity index (χ4n) is 2.89. The van der Waals surface area contributed by atoms with Crippen molar-refractivity contribution in [2.24, 2.45) is 0 Å². The smallest absolute Gasteiger partial charge is 0.289 e. The fraction of sp³-hybridized carbons (Fsp3) is 0.158. The molecular formula is C19H14F3NO2. The van der Waals surface area contributed by atoms with Crippen LogP contribution < -0.4 is 0 Å². The van der Waals surface area contributed by atoms with Crippen molar-refractivity contribution in [3.8, 4) is 0 Å². The van der Waals surface area contributed by atoms with E-state index in [1.807, 2.05) is 0 Å². The van der Waals surface area contributed by atoms with Gasteiger partial charge in [-0.3, -0.25) is 14.2 Å². The number of ketones is 1. The van der Waals surface area contributed by atoms with Crippen molar-refractivity contribution in [2.75, 3.05) is 0 Å². The summed E-state index contributed by atoms with van der Waals surface area (Å²) in [4.78, 5) is 24.3. The molecule has 0 aliphatic carbocycles. The Balaban J connectivity index is 2.16. The molecule has 1 heterocycles. The molecule has 0 amide bonds. The lowest BCUT2D eigenvalue weighted by molar-refractivity contribution is -0.170. The van der Waals surface area contributed by atoms with Crippen LogP contribution in [0, 0.1) is 6.92 Å². The summed E-state index contributed by atoms with van der Waals surface area (Å²) in [5, 5.41) is 0.474. The molecule has 1 aromatic heterocycles. The molecule has 0 radical (unpaired) electrons. The Hall–Kier alpha value is -2.89. The molecule has 6 heteroatoms. The number of rotatable bonds is 3. The fourth-order valence-corrected chi connectivity index (χ4v) is 2.89. The van der Waals surface area contributed by atoms with Crippen LogP contribution in [-0.2, 0) is 11.2 Å². The molecule has 0 N–H and O–H groups in total. The predicted molar refractivity (Wildman–Crippen MR) is 87.6 cm³/mol. The van der Waals surface area contributed by atoms with E-state index in [0.29, 0.717) is 22.2 Å². The van der Waals surface area contributed by atoms with Gasteiger partial charge in [-0.15, -0.1) is 0 Å². The van der Waals surface area contributed by atoms with E-state index >= 15 is 0 Å². The van der Waals surface area contributed by atoms with Gasteiger partial charge in [-0.1, -0.05) is 36.4 Å². The summed E-state index contributed by atoms with van der Waals surface area (Å²) in [7, 11) is 0. The standard InChI is InChI=1S/C19H14F3NO2/c1-12-15(11-17(24)19(20,21)22)14-9-5-6-10-16(14)23(12)18(25)13-7-3-2-4-8-13/h2-10H,11H2,1H3. The molecule has 0 spiro atoms. The quantitative estimate of drug-likeness (QED) is 0.709. The van der Waals surface area contributed by atoms with Gasteiger partial charge in [0.15, 0.2) is 0 Å². The third-order valence-electron chi connectivity index (χ3n) is 4.12. The number of Topliss-reactive ketones (excluding diaryl/α,β-unsaturated/α-hetero) is 1. The minimum Gasteiger partial charge on any atom is -0.289 e. The molecule has 0 bridgehead atoms. The van der Waals surface area contributed by atoms with E-state index in [9.17, 15) is 22.8 Å². The third-order valence-corrected chi connectivity index (χ3v) is 4.12. The summed E-state index contributed by atoms with van der Waals surface area (Å²) in [6.07, 6.45) is -5.69. The van der Waals surface area contributed by atoms with Gasteiger partial charge >= 0.3 is 6.18 Å². The predicted octanol–water partition coefficient (Wildman–Crippen LogP) is 4.31. The first kappa shape index (κ1) is 17.0. The Morgan fingerprint density at radius 2 is 1.56 bits per heavy atom. The van der Waals surface area contributed by atoms with Crippen LogP contribution in [0.15, 0.2) is 54.6 Å². The lowest BCUT2D eigenvalue weighted by Crippen LogP contribution is -2.25. The highest BCUT2D eigenvalue weighted by atomic mass is 19.4. The highest BCUT2D eigenvalue weighted by molar-refractivity contribution is 6.05. The number of hydrogen-bond donors (Lipinski definition) is 0. The number of benzene rings is 2. The minimum absolute atomic E-state index is 0.224. The number of alkyl halides is 3. The van der Waals surface area contributed by atoms with Gasteiger partial charge in [-0.05, 0) is 30.7 Å². The topological polar surface area (TPSA) is 39.1 Å². The molecule has 0 fully saturated rings. The molecular weight excluding hydrogens is 331 g/mol. The summed E-state index contributed by atoms with van der Waals surface area (Å²) >= 11 is 0. The number of carbonyl (C=O) groups excluding carboxylic acids is 2. The zero-order chi connectivity index (χ0) is 18.2. The van der Waals surface area contributed by atoms with Crippen molar-refractivity contribution in [3.63, 3.8) is 0 Å². The van der Waals surface area contributed by atoms with E-state index in [4.69, 9.17) is 0 Å². The monoisotopic (exact) mass is 345 g/mol. The molecule has 0 saturated carbocycles. The second-order valence-electron chi connectivity index (χ2n) is 5.69. The molecule has 0 saturated heterocycles. The van der Waals surface area contributed by atoms with E-state index in [0.717, 1.165) is 0 Å². The van der Waals surface area contributed by atoms with Gasteiger partial charge in [-0.2, -0.15) is 13.2 Å². The summed E-state index contributed by atoms with van der Waals surface area (Å²) in [6.45, 7) is 1.56. The molecule has 25 heavy (non-hydrogen) atoms. The first-order valence-corrected chi connectivity index (χ1v) is 7.59. The van der Waals surface area contributed by atoms with Gasteiger partial charge in [0.25, 0.3) is 5.91 Å². The van der Waals surface area contributed by atoms with E-state index in [-0.39, 0.29) is 11.5 Å². The lowest BCUT2D eigenvalue weighted by atomic mass is 10.1. The lowest BCUT2D eigenvalue weighted by Gasteiger charge is -2.08. The maximum Gasteiger partial charge on any atom is 0.450 e. The molecule has 0 aliphatic heterocycles. The summed E-state index contributed by atoms with van der Waals surface area (Å²) in [5.74, 6) is -2.18. The van der Waals surface area contributed by atoms with Crippen molar-refractivity contribution in [1.82, 2.24) is 4.57 Å². The largest absolute Gasteiger partial charge is 0.450 e. The zero-order valence-corrected chi connectivity index (χ0v) is 13.3. The van der Waals surface area contributed by atoms with Crippen molar-refractivity contribution in [1.29, 1.82) is 0 Å². The van der Waals surface area contributed by atoms with Gasteiger partial charge in [0, 0.05) is 23.1 Å². The number of aromatic nitrogens is 1. The zero-order valence-electron chi connectivity index (χ0n) is 13.3. The maximum absolute atomic E-state index is 12.8. The minimum atomic E-state index is -4.90. The van der Waals surface area contributed by atoms with Gasteiger partial charge in [0.05, 0.1) is 5.52 Å². The van der Waals surface area contributed by atoms with Crippen LogP contribution in [0.2, 0.25) is 0 Å². The molecule has 2 aromatic carbocycles. The average Bonchev–Trinajstić information content (AvgIpc) is 2.86. The number of carbonyl (C=O) groups is 2. The van der Waals surface area contributed by atoms with Crippen LogP contribution in [0.1, 0.15) is 21.6 Å². The van der Waals surface area contributed by atoms with E-state index in [1.54, 1.807) is 61.5 Å². The van der Waals surface area contributed by atoms with E-state index in [1.165, 1.54) is 4.57 Å². The number of hydrogen-bond acceptors (Lipinski definition) is 2. The Labute approximate surface area is 141 Å². The van der Waals surface area contributed by atoms with E-state index < -0.39 is 18.4 Å². The van der Waals surface area contributed by atoms with Crippen molar-refractivity contribution in [2.45, 2.75) is 19.5 Å². The second kappa shape index (κ2) is 6.20. The Kier molecular flexibility index (Phi) is 4.20. The van der Waals surface area contributed by atoms with Gasteiger partial charge in [-0.25, -0.2) is 0 Å². The maximum atomic E-state index is 12.8. The van der Waals surface area contributed by atoms with Crippen LogP contribution in [-0.4, -0.2) is 22.4 Å². The molecule has 128 valence electrons. The van der Waals surface area contributed by atoms with Gasteiger partial charge < -0.3 is 0 Å². The Bertz CT molecular complexity index is 956. The average molecular weight is 345 g/mol. The molecule has 0 unspecified atom stereocenters. The van der Waals surface area contributed by atoms with Crippen LogP contribution in [0.25, 0.3) is 10.9 Å². The van der Waals surface area contributed by atoms with Crippen LogP contribution >= 0.6 is 0 Å². The number of nitrogens with zero attached hydrogens (tertiary/aromatic N) is 1. The SMILES string of the molecule is Cc1c(CC(=O)C(F)(F)F)c2ccccc2n1C(=O)c1ccccc1. The molecule has 0 atom stereocenters. The van der Waals surface area contributed by atoms with Crippen molar-refractivity contribution >= 4 is 22.6 Å². The highest BCUT2D eigenvalue weighted by Crippen LogP contribution is 2.29. The highest BCUT2D eigenvalue weighted by Gasteiger charge is 2.38. The number of halogens is 3. The van der Waals surface area contributed by atoms with Gasteiger partial charge in [0.1, 0.15) is 0 Å². The number of fused-ring (bicyclic) bond motifs is 1. The molecule has 3 aromatic rings. The summed E-state index contributed by atoms with van der Waals surface area (Å²) < 4.78 is 39.4. The molecule has 3 rings (SSSR count). The van der Waals surface area contributed by atoms with Gasteiger partial charge in [0.2, 0.25) is 5.78 Å².